The van der Waals surface area contributed by atoms with Crippen LogP contribution >= 0.6 is 15.9 Å². The highest BCUT2D eigenvalue weighted by molar-refractivity contribution is 9.10. The van der Waals surface area contributed by atoms with Gasteiger partial charge in [0.15, 0.2) is 0 Å². The smallest absolute Gasteiger partial charge is 0.326 e. The molecule has 0 aromatic heterocycles. The lowest BCUT2D eigenvalue weighted by Crippen LogP contribution is -2.42. The van der Waals surface area contributed by atoms with Crippen molar-refractivity contribution in [2.45, 2.75) is 19.4 Å². The van der Waals surface area contributed by atoms with Crippen molar-refractivity contribution in [3.63, 3.8) is 0 Å². The normalized spacial score (nSPS) is 11.5. The highest BCUT2D eigenvalue weighted by atomic mass is 79.9. The number of amides is 2. The number of hydrogen-bond donors (Lipinski definition) is 3. The Hall–Kier alpha value is -1.76. The maximum atomic E-state index is 11.7. The second kappa shape index (κ2) is 6.98. The van der Waals surface area contributed by atoms with Crippen molar-refractivity contribution in [1.82, 2.24) is 5.32 Å². The lowest BCUT2D eigenvalue weighted by atomic mass is 10.2. The molecule has 1 aromatic carbocycles. The van der Waals surface area contributed by atoms with Gasteiger partial charge in [-0.25, -0.2) is 9.59 Å². The Morgan fingerprint density at radius 2 is 2.16 bits per heavy atom. The molecule has 0 heterocycles. The maximum Gasteiger partial charge on any atom is 0.326 e. The van der Waals surface area contributed by atoms with Crippen LogP contribution in [0, 0.1) is 0 Å². The Kier molecular flexibility index (Phi) is 5.62. The quantitative estimate of drug-likeness (QED) is 0.773. The van der Waals surface area contributed by atoms with Crippen molar-refractivity contribution >= 4 is 33.6 Å². The van der Waals surface area contributed by atoms with Gasteiger partial charge in [-0.1, -0.05) is 6.92 Å². The predicted octanol–water partition coefficient (Wildman–Crippen LogP) is 2.44. The highest BCUT2D eigenvalue weighted by Gasteiger charge is 2.17. The minimum atomic E-state index is -1.07. The fraction of sp³-hybridized carbons (Fsp3) is 0.333. The topological polar surface area (TPSA) is 87.7 Å². The number of methoxy groups -OCH3 is 1. The predicted molar refractivity (Wildman–Crippen MR) is 74.6 cm³/mol. The minimum Gasteiger partial charge on any atom is -0.497 e. The number of aliphatic carboxylic acids is 1. The molecular weight excluding hydrogens is 316 g/mol. The van der Waals surface area contributed by atoms with E-state index in [9.17, 15) is 9.59 Å². The van der Waals surface area contributed by atoms with Crippen molar-refractivity contribution in [2.24, 2.45) is 0 Å². The zero-order chi connectivity index (χ0) is 14.4. The van der Waals surface area contributed by atoms with Crippen LogP contribution in [0.5, 0.6) is 5.75 Å². The van der Waals surface area contributed by atoms with E-state index in [1.807, 2.05) is 0 Å². The summed E-state index contributed by atoms with van der Waals surface area (Å²) in [5.74, 6) is -0.480. The van der Waals surface area contributed by atoms with Crippen LogP contribution in [-0.2, 0) is 4.79 Å². The third kappa shape index (κ3) is 4.44. The first-order chi connectivity index (χ1) is 8.97. The van der Waals surface area contributed by atoms with Gasteiger partial charge in [-0.15, -0.1) is 0 Å². The van der Waals surface area contributed by atoms with Crippen molar-refractivity contribution in [3.05, 3.63) is 22.7 Å². The first-order valence-electron chi connectivity index (χ1n) is 5.61. The lowest BCUT2D eigenvalue weighted by Gasteiger charge is -2.14. The molecule has 0 saturated carbocycles. The van der Waals surface area contributed by atoms with Crippen LogP contribution in [0.25, 0.3) is 0 Å². The second-order valence-electron chi connectivity index (χ2n) is 3.74. The number of urea groups is 1. The molecule has 0 aliphatic rings. The Bertz CT molecular complexity index is 479. The summed E-state index contributed by atoms with van der Waals surface area (Å²) in [6.07, 6.45) is 0.308. The van der Waals surface area contributed by atoms with Gasteiger partial charge < -0.3 is 20.5 Å². The summed E-state index contributed by atoms with van der Waals surface area (Å²) in [7, 11) is 1.52. The largest absolute Gasteiger partial charge is 0.497 e. The zero-order valence-electron chi connectivity index (χ0n) is 10.6. The molecule has 0 bridgehead atoms. The molecule has 0 unspecified atom stereocenters. The molecule has 0 saturated heterocycles. The number of hydrogen-bond acceptors (Lipinski definition) is 3. The molecule has 6 nitrogen and oxygen atoms in total. The van der Waals surface area contributed by atoms with Gasteiger partial charge in [0, 0.05) is 10.5 Å². The number of benzene rings is 1. The molecule has 0 fully saturated rings. The van der Waals surface area contributed by atoms with Crippen LogP contribution in [-0.4, -0.2) is 30.3 Å². The SMILES string of the molecule is CC[C@@H](NC(=O)Nc1cc(OC)ccc1Br)C(=O)O. The summed E-state index contributed by atoms with van der Waals surface area (Å²) < 4.78 is 5.72. The van der Waals surface area contributed by atoms with Crippen LogP contribution in [0.2, 0.25) is 0 Å². The van der Waals surface area contributed by atoms with E-state index in [4.69, 9.17) is 9.84 Å². The number of nitrogens with one attached hydrogen (secondary N) is 2. The monoisotopic (exact) mass is 330 g/mol. The Labute approximate surface area is 119 Å². The first kappa shape index (κ1) is 15.3. The minimum absolute atomic E-state index is 0.308. The fourth-order valence-electron chi connectivity index (χ4n) is 1.38. The van der Waals surface area contributed by atoms with Gasteiger partial charge in [-0.3, -0.25) is 0 Å². The molecule has 1 rings (SSSR count). The van der Waals surface area contributed by atoms with Crippen LogP contribution < -0.4 is 15.4 Å². The molecule has 0 spiro atoms. The Morgan fingerprint density at radius 1 is 1.47 bits per heavy atom. The van der Waals surface area contributed by atoms with E-state index in [0.29, 0.717) is 22.3 Å². The zero-order valence-corrected chi connectivity index (χ0v) is 12.2. The number of carboxylic acid groups (broad SMARTS) is 1. The first-order valence-corrected chi connectivity index (χ1v) is 6.41. The average Bonchev–Trinajstić information content (AvgIpc) is 2.38. The number of anilines is 1. The van der Waals surface area contributed by atoms with Crippen molar-refractivity contribution in [1.29, 1.82) is 0 Å². The average molecular weight is 331 g/mol. The van der Waals surface area contributed by atoms with Gasteiger partial charge in [-0.05, 0) is 34.5 Å². The van der Waals surface area contributed by atoms with Gasteiger partial charge in [0.25, 0.3) is 0 Å². The van der Waals surface area contributed by atoms with Crippen molar-refractivity contribution in [2.75, 3.05) is 12.4 Å². The van der Waals surface area contributed by atoms with E-state index in [2.05, 4.69) is 26.6 Å². The van der Waals surface area contributed by atoms with E-state index >= 15 is 0 Å². The fourth-order valence-corrected chi connectivity index (χ4v) is 1.73. The summed E-state index contributed by atoms with van der Waals surface area (Å²) in [6.45, 7) is 1.68. The molecule has 0 radical (unpaired) electrons. The van der Waals surface area contributed by atoms with Gasteiger partial charge >= 0.3 is 12.0 Å². The van der Waals surface area contributed by atoms with E-state index in [1.54, 1.807) is 25.1 Å². The molecule has 7 heteroatoms. The number of rotatable bonds is 5. The molecular formula is C12H15BrN2O4. The van der Waals surface area contributed by atoms with E-state index in [0.717, 1.165) is 0 Å². The van der Waals surface area contributed by atoms with Gasteiger partial charge in [0.1, 0.15) is 11.8 Å². The lowest BCUT2D eigenvalue weighted by molar-refractivity contribution is -0.139. The Balaban J connectivity index is 2.73. The molecule has 1 atom stereocenters. The summed E-state index contributed by atoms with van der Waals surface area (Å²) in [5, 5.41) is 13.8. The third-order valence-electron chi connectivity index (χ3n) is 2.43. The van der Waals surface area contributed by atoms with Crippen LogP contribution in [0.15, 0.2) is 22.7 Å². The molecule has 104 valence electrons. The third-order valence-corrected chi connectivity index (χ3v) is 3.12. The number of ether oxygens (including phenoxy) is 1. The molecule has 2 amide bonds. The number of carboxylic acids is 1. The number of carbonyl (C=O) groups excluding carboxylic acids is 1. The van der Waals surface area contributed by atoms with E-state index in [1.165, 1.54) is 7.11 Å². The summed E-state index contributed by atoms with van der Waals surface area (Å²) >= 11 is 3.29. The maximum absolute atomic E-state index is 11.7. The Morgan fingerprint density at radius 3 is 2.68 bits per heavy atom. The summed E-state index contributed by atoms with van der Waals surface area (Å²) in [5.41, 5.74) is 0.497. The van der Waals surface area contributed by atoms with E-state index < -0.39 is 18.0 Å². The van der Waals surface area contributed by atoms with Gasteiger partial charge in [0.2, 0.25) is 0 Å². The standard InChI is InChI=1S/C12H15BrN2O4/c1-3-9(11(16)17)14-12(18)15-10-6-7(19-2)4-5-8(10)13/h4-6,9H,3H2,1-2H3,(H,16,17)(H2,14,15,18)/t9-/m1/s1. The molecule has 0 aliphatic carbocycles. The van der Waals surface area contributed by atoms with Gasteiger partial charge in [-0.2, -0.15) is 0 Å². The van der Waals surface area contributed by atoms with E-state index in [-0.39, 0.29) is 0 Å². The molecule has 3 N–H and O–H groups in total. The molecule has 0 aliphatic heterocycles. The van der Waals surface area contributed by atoms with Crippen LogP contribution in [0.1, 0.15) is 13.3 Å². The van der Waals surface area contributed by atoms with Crippen molar-refractivity contribution < 1.29 is 19.4 Å². The van der Waals surface area contributed by atoms with Crippen molar-refractivity contribution in [3.8, 4) is 5.75 Å². The van der Waals surface area contributed by atoms with Gasteiger partial charge in [0.05, 0.1) is 12.8 Å². The number of halogens is 1. The van der Waals surface area contributed by atoms with Crippen LogP contribution in [0.4, 0.5) is 10.5 Å². The molecule has 19 heavy (non-hydrogen) atoms. The number of carbonyl (C=O) groups is 2. The summed E-state index contributed by atoms with van der Waals surface area (Å²) in [4.78, 5) is 22.5. The van der Waals surface area contributed by atoms with Crippen LogP contribution in [0.3, 0.4) is 0 Å². The second-order valence-corrected chi connectivity index (χ2v) is 4.60. The highest BCUT2D eigenvalue weighted by Crippen LogP contribution is 2.26. The molecule has 1 aromatic rings. The summed E-state index contributed by atoms with van der Waals surface area (Å²) in [6, 6.07) is 3.60.